The number of H-pyrrole nitrogens is 1. The Morgan fingerprint density at radius 3 is 2.79 bits per heavy atom. The van der Waals surface area contributed by atoms with Gasteiger partial charge in [-0.25, -0.2) is 0 Å². The first-order valence-corrected chi connectivity index (χ1v) is 9.31. The van der Waals surface area contributed by atoms with Gasteiger partial charge >= 0.3 is 0 Å². The Morgan fingerprint density at radius 2 is 2.14 bits per heavy atom. The molecule has 0 saturated heterocycles. The maximum absolute atomic E-state index is 12.2. The fraction of sp³-hybridized carbons (Fsp3) is 0.250. The van der Waals surface area contributed by atoms with Crippen LogP contribution in [0.1, 0.15) is 35.6 Å². The SMILES string of the molecule is CC(=O)c1cc(CC(=O)N[C@@H](C)Cn2ccc(-c3ccc(C#N)c(Cl)c3)n2)[nH]n1. The maximum atomic E-state index is 12.2. The van der Waals surface area contributed by atoms with Crippen LogP contribution in [-0.4, -0.2) is 37.7 Å². The first-order chi connectivity index (χ1) is 13.9. The number of hydrogen-bond donors (Lipinski definition) is 2. The number of nitrogens with zero attached hydrogens (tertiary/aromatic N) is 4. The predicted molar refractivity (Wildman–Crippen MR) is 107 cm³/mol. The van der Waals surface area contributed by atoms with E-state index in [0.29, 0.717) is 28.5 Å². The quantitative estimate of drug-likeness (QED) is 0.581. The van der Waals surface area contributed by atoms with Gasteiger partial charge in [-0.1, -0.05) is 17.7 Å². The van der Waals surface area contributed by atoms with Crippen LogP contribution < -0.4 is 5.32 Å². The number of Topliss-reactive ketones (excluding diaryl/α,β-unsaturated/α-hetero) is 1. The van der Waals surface area contributed by atoms with Gasteiger partial charge in [-0.05, 0) is 31.2 Å². The highest BCUT2D eigenvalue weighted by Crippen LogP contribution is 2.24. The van der Waals surface area contributed by atoms with Gasteiger partial charge in [0, 0.05) is 30.4 Å². The van der Waals surface area contributed by atoms with Crippen molar-refractivity contribution < 1.29 is 9.59 Å². The monoisotopic (exact) mass is 410 g/mol. The van der Waals surface area contributed by atoms with Gasteiger partial charge in [-0.3, -0.25) is 19.4 Å². The molecule has 29 heavy (non-hydrogen) atoms. The molecule has 0 saturated carbocycles. The van der Waals surface area contributed by atoms with Crippen LogP contribution in [0.3, 0.4) is 0 Å². The highest BCUT2D eigenvalue weighted by Gasteiger charge is 2.13. The van der Waals surface area contributed by atoms with E-state index in [0.717, 1.165) is 11.3 Å². The van der Waals surface area contributed by atoms with Gasteiger partial charge in [0.15, 0.2) is 5.78 Å². The summed E-state index contributed by atoms with van der Waals surface area (Å²) in [4.78, 5) is 23.5. The second kappa shape index (κ2) is 8.71. The van der Waals surface area contributed by atoms with Crippen LogP contribution in [0.15, 0.2) is 36.5 Å². The van der Waals surface area contributed by atoms with Crippen molar-refractivity contribution in [2.75, 3.05) is 0 Å². The zero-order valence-corrected chi connectivity index (χ0v) is 16.7. The lowest BCUT2D eigenvalue weighted by Crippen LogP contribution is -2.36. The first kappa shape index (κ1) is 20.3. The summed E-state index contributed by atoms with van der Waals surface area (Å²) in [6, 6.07) is 10.5. The van der Waals surface area contributed by atoms with E-state index in [9.17, 15) is 9.59 Å². The van der Waals surface area contributed by atoms with E-state index in [1.807, 2.05) is 25.3 Å². The lowest BCUT2D eigenvalue weighted by Gasteiger charge is -2.13. The van der Waals surface area contributed by atoms with E-state index in [2.05, 4.69) is 20.6 Å². The van der Waals surface area contributed by atoms with Crippen LogP contribution in [0.4, 0.5) is 0 Å². The molecule has 0 aliphatic heterocycles. The molecule has 0 radical (unpaired) electrons. The number of halogens is 1. The number of ketones is 1. The summed E-state index contributed by atoms with van der Waals surface area (Å²) in [7, 11) is 0. The number of amides is 1. The Hall–Kier alpha value is -3.44. The first-order valence-electron chi connectivity index (χ1n) is 8.93. The summed E-state index contributed by atoms with van der Waals surface area (Å²) >= 11 is 6.08. The number of carbonyl (C=O) groups is 2. The molecule has 9 heteroatoms. The zero-order chi connectivity index (χ0) is 21.0. The van der Waals surface area contributed by atoms with Crippen molar-refractivity contribution in [3.8, 4) is 17.3 Å². The second-order valence-electron chi connectivity index (χ2n) is 6.71. The van der Waals surface area contributed by atoms with Gasteiger partial charge in [0.25, 0.3) is 0 Å². The maximum Gasteiger partial charge on any atom is 0.226 e. The third-order valence-corrected chi connectivity index (χ3v) is 4.55. The summed E-state index contributed by atoms with van der Waals surface area (Å²) in [6.45, 7) is 3.79. The average Bonchev–Trinajstić information content (AvgIpc) is 3.31. The molecule has 2 N–H and O–H groups in total. The molecular weight excluding hydrogens is 392 g/mol. The van der Waals surface area contributed by atoms with Crippen molar-refractivity contribution in [2.24, 2.45) is 0 Å². The minimum Gasteiger partial charge on any atom is -0.351 e. The van der Waals surface area contributed by atoms with E-state index in [1.54, 1.807) is 28.9 Å². The van der Waals surface area contributed by atoms with Crippen LogP contribution in [0.25, 0.3) is 11.3 Å². The van der Waals surface area contributed by atoms with E-state index in [-0.39, 0.29) is 24.2 Å². The van der Waals surface area contributed by atoms with Gasteiger partial charge in [0.2, 0.25) is 5.91 Å². The molecule has 2 heterocycles. The number of rotatable bonds is 7. The fourth-order valence-electron chi connectivity index (χ4n) is 2.84. The number of aromatic amines is 1. The van der Waals surface area contributed by atoms with Gasteiger partial charge in [0.05, 0.1) is 29.2 Å². The van der Waals surface area contributed by atoms with Gasteiger partial charge in [0.1, 0.15) is 11.8 Å². The molecule has 2 aromatic heterocycles. The van der Waals surface area contributed by atoms with Crippen LogP contribution >= 0.6 is 11.6 Å². The van der Waals surface area contributed by atoms with Crippen molar-refractivity contribution in [3.05, 3.63) is 58.5 Å². The number of hydrogen-bond acceptors (Lipinski definition) is 5. The van der Waals surface area contributed by atoms with E-state index in [4.69, 9.17) is 16.9 Å². The Bertz CT molecular complexity index is 1090. The highest BCUT2D eigenvalue weighted by atomic mass is 35.5. The molecule has 148 valence electrons. The Kier molecular flexibility index (Phi) is 6.10. The van der Waals surface area contributed by atoms with Gasteiger partial charge in [-0.15, -0.1) is 0 Å². The van der Waals surface area contributed by atoms with Gasteiger partial charge < -0.3 is 5.32 Å². The highest BCUT2D eigenvalue weighted by molar-refractivity contribution is 6.32. The van der Waals surface area contributed by atoms with Crippen molar-refractivity contribution in [2.45, 2.75) is 32.9 Å². The minimum absolute atomic E-state index is 0.110. The zero-order valence-electron chi connectivity index (χ0n) is 15.9. The second-order valence-corrected chi connectivity index (χ2v) is 7.12. The predicted octanol–water partition coefficient (Wildman–Crippen LogP) is 2.75. The number of aromatic nitrogens is 4. The van der Waals surface area contributed by atoms with E-state index in [1.165, 1.54) is 6.92 Å². The van der Waals surface area contributed by atoms with Gasteiger partial charge in [-0.2, -0.15) is 15.5 Å². The molecule has 0 unspecified atom stereocenters. The number of carbonyl (C=O) groups excluding carboxylic acids is 2. The van der Waals surface area contributed by atoms with Crippen LogP contribution in [0.5, 0.6) is 0 Å². The largest absolute Gasteiger partial charge is 0.351 e. The fourth-order valence-corrected chi connectivity index (χ4v) is 3.06. The molecule has 0 fully saturated rings. The minimum atomic E-state index is -0.178. The molecule has 8 nitrogen and oxygen atoms in total. The van der Waals surface area contributed by atoms with Crippen molar-refractivity contribution in [1.82, 2.24) is 25.3 Å². The van der Waals surface area contributed by atoms with Crippen LogP contribution in [-0.2, 0) is 17.8 Å². The molecule has 0 aliphatic rings. The lowest BCUT2D eigenvalue weighted by atomic mass is 10.1. The summed E-state index contributed by atoms with van der Waals surface area (Å²) < 4.78 is 1.73. The molecule has 3 aromatic rings. The topological polar surface area (TPSA) is 116 Å². The average molecular weight is 411 g/mol. The van der Waals surface area contributed by atoms with Crippen LogP contribution in [0.2, 0.25) is 5.02 Å². The van der Waals surface area contributed by atoms with Crippen LogP contribution in [0, 0.1) is 11.3 Å². The number of nitrogens with one attached hydrogen (secondary N) is 2. The van der Waals surface area contributed by atoms with Crippen molar-refractivity contribution in [3.63, 3.8) is 0 Å². The standard InChI is InChI=1S/C20H19ClN6O2/c1-12(23-20(29)9-16-8-19(13(2)28)25-24-16)11-27-6-5-18(26-27)14-3-4-15(10-22)17(21)7-14/h3-8,12H,9,11H2,1-2H3,(H,23,29)(H,24,25)/t12-/m0/s1. The summed E-state index contributed by atoms with van der Waals surface area (Å²) in [5.41, 5.74) is 2.85. The molecular formula is C20H19ClN6O2. The molecule has 1 atom stereocenters. The molecule has 0 bridgehead atoms. The molecule has 1 aromatic carbocycles. The Balaban J connectivity index is 1.57. The molecule has 1 amide bonds. The molecule has 0 spiro atoms. The molecule has 0 aliphatic carbocycles. The normalized spacial score (nSPS) is 11.7. The van der Waals surface area contributed by atoms with E-state index >= 15 is 0 Å². The third kappa shape index (κ3) is 5.09. The third-order valence-electron chi connectivity index (χ3n) is 4.24. The van der Waals surface area contributed by atoms with E-state index < -0.39 is 0 Å². The van der Waals surface area contributed by atoms with Crippen molar-refractivity contribution in [1.29, 1.82) is 5.26 Å². The lowest BCUT2D eigenvalue weighted by molar-refractivity contribution is -0.121. The summed E-state index contributed by atoms with van der Waals surface area (Å²) in [5.74, 6) is -0.332. The smallest absolute Gasteiger partial charge is 0.226 e. The molecule has 3 rings (SSSR count). The van der Waals surface area contributed by atoms with Crippen molar-refractivity contribution >= 4 is 23.3 Å². The summed E-state index contributed by atoms with van der Waals surface area (Å²) in [6.07, 6.45) is 1.93. The Labute approximate surface area is 172 Å². The summed E-state index contributed by atoms with van der Waals surface area (Å²) in [5, 5.41) is 23.3. The number of nitriles is 1. The Morgan fingerprint density at radius 1 is 1.34 bits per heavy atom. The number of benzene rings is 1.